The van der Waals surface area contributed by atoms with Gasteiger partial charge in [0.05, 0.1) is 24.2 Å². The third-order valence-electron chi connectivity index (χ3n) is 4.28. The van der Waals surface area contributed by atoms with Crippen molar-refractivity contribution in [3.63, 3.8) is 0 Å². The van der Waals surface area contributed by atoms with Crippen molar-refractivity contribution in [3.05, 3.63) is 58.5 Å². The molecule has 0 saturated carbocycles. The van der Waals surface area contributed by atoms with Gasteiger partial charge in [0.1, 0.15) is 5.75 Å². The van der Waals surface area contributed by atoms with Crippen LogP contribution in [0.2, 0.25) is 0 Å². The number of amides is 1. The van der Waals surface area contributed by atoms with Gasteiger partial charge in [-0.2, -0.15) is 0 Å². The molecule has 7 heteroatoms. The SMILES string of the molecule is COc1ccccc1[C@H](C)N[C@H](C)C(=O)Nc1ccc2[nH]c(=O)[nH]c2c1. The second-order valence-corrected chi connectivity index (χ2v) is 6.18. The van der Waals surface area contributed by atoms with E-state index in [4.69, 9.17) is 4.74 Å². The van der Waals surface area contributed by atoms with Crippen molar-refractivity contribution >= 4 is 22.6 Å². The number of anilines is 1. The normalized spacial score (nSPS) is 13.3. The number of fused-ring (bicyclic) bond motifs is 1. The molecule has 0 radical (unpaired) electrons. The number of carbonyl (C=O) groups excluding carboxylic acids is 1. The number of H-pyrrole nitrogens is 2. The average Bonchev–Trinajstić information content (AvgIpc) is 3.00. The van der Waals surface area contributed by atoms with E-state index in [0.717, 1.165) is 11.3 Å². The Morgan fingerprint density at radius 3 is 2.58 bits per heavy atom. The topological polar surface area (TPSA) is 99.0 Å². The predicted molar refractivity (Wildman–Crippen MR) is 102 cm³/mol. The van der Waals surface area contributed by atoms with Gasteiger partial charge in [-0.3, -0.25) is 10.1 Å². The summed E-state index contributed by atoms with van der Waals surface area (Å²) in [5.41, 5.74) is 2.68. The lowest BCUT2D eigenvalue weighted by Crippen LogP contribution is -2.39. The van der Waals surface area contributed by atoms with Crippen molar-refractivity contribution in [2.75, 3.05) is 12.4 Å². The van der Waals surface area contributed by atoms with Crippen molar-refractivity contribution in [1.82, 2.24) is 15.3 Å². The second-order valence-electron chi connectivity index (χ2n) is 6.18. The molecule has 1 aromatic heterocycles. The van der Waals surface area contributed by atoms with Crippen LogP contribution in [0.25, 0.3) is 11.0 Å². The number of rotatable bonds is 6. The Labute approximate surface area is 150 Å². The molecule has 1 heterocycles. The summed E-state index contributed by atoms with van der Waals surface area (Å²) >= 11 is 0. The number of carbonyl (C=O) groups is 1. The number of ether oxygens (including phenoxy) is 1. The smallest absolute Gasteiger partial charge is 0.323 e. The molecular weight excluding hydrogens is 332 g/mol. The molecule has 2 atom stereocenters. The maximum atomic E-state index is 12.5. The van der Waals surface area contributed by atoms with E-state index >= 15 is 0 Å². The highest BCUT2D eigenvalue weighted by Gasteiger charge is 2.18. The monoisotopic (exact) mass is 354 g/mol. The third kappa shape index (κ3) is 3.78. The van der Waals surface area contributed by atoms with Gasteiger partial charge in [-0.1, -0.05) is 18.2 Å². The van der Waals surface area contributed by atoms with E-state index in [1.54, 1.807) is 32.2 Å². The molecule has 0 unspecified atom stereocenters. The highest BCUT2D eigenvalue weighted by molar-refractivity contribution is 5.96. The molecule has 4 N–H and O–H groups in total. The molecule has 0 aliphatic heterocycles. The van der Waals surface area contributed by atoms with Crippen LogP contribution in [-0.2, 0) is 4.79 Å². The van der Waals surface area contributed by atoms with Gasteiger partial charge in [0, 0.05) is 17.3 Å². The Morgan fingerprint density at radius 1 is 1.08 bits per heavy atom. The van der Waals surface area contributed by atoms with Crippen LogP contribution in [0.4, 0.5) is 5.69 Å². The molecule has 0 saturated heterocycles. The first-order valence-electron chi connectivity index (χ1n) is 8.40. The first-order valence-corrected chi connectivity index (χ1v) is 8.40. The zero-order valence-corrected chi connectivity index (χ0v) is 14.9. The molecule has 1 amide bonds. The lowest BCUT2D eigenvalue weighted by molar-refractivity contribution is -0.117. The fraction of sp³-hybridized carbons (Fsp3) is 0.263. The molecule has 3 rings (SSSR count). The Morgan fingerprint density at radius 2 is 1.81 bits per heavy atom. The van der Waals surface area contributed by atoms with Crippen LogP contribution in [-0.4, -0.2) is 29.0 Å². The minimum Gasteiger partial charge on any atom is -0.496 e. The van der Waals surface area contributed by atoms with E-state index in [0.29, 0.717) is 16.7 Å². The largest absolute Gasteiger partial charge is 0.496 e. The van der Waals surface area contributed by atoms with Crippen LogP contribution in [0.3, 0.4) is 0 Å². The summed E-state index contributed by atoms with van der Waals surface area (Å²) in [6, 6.07) is 12.5. The maximum absolute atomic E-state index is 12.5. The van der Waals surface area contributed by atoms with E-state index < -0.39 is 6.04 Å². The molecule has 26 heavy (non-hydrogen) atoms. The predicted octanol–water partition coefficient (Wildman–Crippen LogP) is 2.54. The van der Waals surface area contributed by atoms with Gasteiger partial charge < -0.3 is 20.0 Å². The Bertz CT molecular complexity index is 976. The fourth-order valence-corrected chi connectivity index (χ4v) is 2.93. The number of aromatic amines is 2. The summed E-state index contributed by atoms with van der Waals surface area (Å²) in [7, 11) is 1.63. The fourth-order valence-electron chi connectivity index (χ4n) is 2.93. The van der Waals surface area contributed by atoms with Crippen molar-refractivity contribution < 1.29 is 9.53 Å². The second kappa shape index (κ2) is 7.45. The van der Waals surface area contributed by atoms with Crippen LogP contribution in [0.1, 0.15) is 25.5 Å². The van der Waals surface area contributed by atoms with E-state index in [9.17, 15) is 9.59 Å². The van der Waals surface area contributed by atoms with Crippen LogP contribution >= 0.6 is 0 Å². The number of aromatic nitrogens is 2. The Balaban J connectivity index is 1.67. The van der Waals surface area contributed by atoms with E-state index in [1.807, 2.05) is 31.2 Å². The summed E-state index contributed by atoms with van der Waals surface area (Å²) in [4.78, 5) is 29.2. The summed E-state index contributed by atoms with van der Waals surface area (Å²) in [6.07, 6.45) is 0. The highest BCUT2D eigenvalue weighted by atomic mass is 16.5. The maximum Gasteiger partial charge on any atom is 0.323 e. The van der Waals surface area contributed by atoms with Gasteiger partial charge in [0.2, 0.25) is 5.91 Å². The van der Waals surface area contributed by atoms with Crippen LogP contribution in [0.5, 0.6) is 5.75 Å². The van der Waals surface area contributed by atoms with Gasteiger partial charge in [-0.25, -0.2) is 4.79 Å². The number of benzene rings is 2. The summed E-state index contributed by atoms with van der Waals surface area (Å²) < 4.78 is 5.37. The Kier molecular flexibility index (Phi) is 5.09. The first kappa shape index (κ1) is 17.8. The molecule has 0 fully saturated rings. The minimum atomic E-state index is -0.420. The van der Waals surface area contributed by atoms with Crippen LogP contribution in [0.15, 0.2) is 47.3 Å². The molecule has 0 spiro atoms. The summed E-state index contributed by atoms with van der Waals surface area (Å²) in [6.45, 7) is 3.79. The highest BCUT2D eigenvalue weighted by Crippen LogP contribution is 2.24. The summed E-state index contributed by atoms with van der Waals surface area (Å²) in [5.74, 6) is 0.617. The molecule has 0 aliphatic rings. The number of nitrogens with one attached hydrogen (secondary N) is 4. The van der Waals surface area contributed by atoms with E-state index in [1.165, 1.54) is 0 Å². The lowest BCUT2D eigenvalue weighted by atomic mass is 10.1. The molecular formula is C19H22N4O3. The quantitative estimate of drug-likeness (QED) is 0.547. The van der Waals surface area contributed by atoms with E-state index in [2.05, 4.69) is 20.6 Å². The number of hydrogen-bond acceptors (Lipinski definition) is 4. The minimum absolute atomic E-state index is 0.0598. The summed E-state index contributed by atoms with van der Waals surface area (Å²) in [5, 5.41) is 6.14. The van der Waals surface area contributed by atoms with Gasteiger partial charge in [-0.05, 0) is 38.1 Å². The van der Waals surface area contributed by atoms with Gasteiger partial charge in [-0.15, -0.1) is 0 Å². The molecule has 7 nitrogen and oxygen atoms in total. The standard InChI is InChI=1S/C19H22N4O3/c1-11(14-6-4-5-7-17(14)26-3)20-12(2)18(24)21-13-8-9-15-16(10-13)23-19(25)22-15/h4-12,20H,1-3H3,(H,21,24)(H2,22,23,25)/t11-,12+/m0/s1. The van der Waals surface area contributed by atoms with Crippen molar-refractivity contribution in [3.8, 4) is 5.75 Å². The number of methoxy groups -OCH3 is 1. The van der Waals surface area contributed by atoms with Crippen molar-refractivity contribution in [2.45, 2.75) is 25.9 Å². The van der Waals surface area contributed by atoms with Gasteiger partial charge in [0.25, 0.3) is 0 Å². The van der Waals surface area contributed by atoms with Crippen LogP contribution in [0, 0.1) is 0 Å². The van der Waals surface area contributed by atoms with Gasteiger partial charge >= 0.3 is 5.69 Å². The van der Waals surface area contributed by atoms with Crippen molar-refractivity contribution in [2.24, 2.45) is 0 Å². The molecule has 0 aliphatic carbocycles. The number of imidazole rings is 1. The molecule has 136 valence electrons. The van der Waals surface area contributed by atoms with Crippen LogP contribution < -0.4 is 21.1 Å². The number of para-hydroxylation sites is 1. The molecule has 0 bridgehead atoms. The van der Waals surface area contributed by atoms with Gasteiger partial charge in [0.15, 0.2) is 0 Å². The average molecular weight is 354 g/mol. The van der Waals surface area contributed by atoms with Crippen molar-refractivity contribution in [1.29, 1.82) is 0 Å². The van der Waals surface area contributed by atoms with E-state index in [-0.39, 0.29) is 17.6 Å². The number of hydrogen-bond donors (Lipinski definition) is 4. The molecule has 2 aromatic carbocycles. The first-order chi connectivity index (χ1) is 12.5. The Hall–Kier alpha value is -3.06. The zero-order valence-electron chi connectivity index (χ0n) is 14.9. The molecule has 3 aromatic rings. The lowest BCUT2D eigenvalue weighted by Gasteiger charge is -2.21. The third-order valence-corrected chi connectivity index (χ3v) is 4.28. The zero-order chi connectivity index (χ0) is 18.7.